The number of benzene rings is 1. The molecule has 0 unspecified atom stereocenters. The zero-order valence-corrected chi connectivity index (χ0v) is 12.2. The van der Waals surface area contributed by atoms with Gasteiger partial charge in [0.25, 0.3) is 5.91 Å². The minimum absolute atomic E-state index is 0.0170. The lowest BCUT2D eigenvalue weighted by Crippen LogP contribution is -3.12. The molecular weight excluding hydrogens is 278 g/mol. The van der Waals surface area contributed by atoms with E-state index in [-0.39, 0.29) is 18.4 Å². The summed E-state index contributed by atoms with van der Waals surface area (Å²) in [5.74, 6) is -0.360. The van der Waals surface area contributed by atoms with Crippen LogP contribution in [0.2, 0.25) is 5.02 Å². The van der Waals surface area contributed by atoms with Crippen molar-refractivity contribution in [1.29, 1.82) is 0 Å². The second-order valence-electron chi connectivity index (χ2n) is 5.00. The molecule has 0 aliphatic carbocycles. The van der Waals surface area contributed by atoms with Crippen LogP contribution in [0.25, 0.3) is 0 Å². The third-order valence-corrected chi connectivity index (χ3v) is 3.82. The average Bonchev–Trinajstić information content (AvgIpc) is 2.45. The van der Waals surface area contributed by atoms with Gasteiger partial charge in [0.2, 0.25) is 5.91 Å². The van der Waals surface area contributed by atoms with Gasteiger partial charge in [-0.1, -0.05) is 23.7 Å². The van der Waals surface area contributed by atoms with E-state index in [2.05, 4.69) is 12.4 Å². The number of nitrogens with zero attached hydrogens (tertiary/aromatic N) is 1. The third kappa shape index (κ3) is 3.71. The van der Waals surface area contributed by atoms with E-state index in [0.717, 1.165) is 26.2 Å². The quantitative estimate of drug-likeness (QED) is 0.785. The fourth-order valence-electron chi connectivity index (χ4n) is 2.15. The van der Waals surface area contributed by atoms with Crippen LogP contribution in [0.4, 0.5) is 0 Å². The minimum Gasteiger partial charge on any atom is -0.343 e. The zero-order chi connectivity index (χ0) is 14.5. The van der Waals surface area contributed by atoms with E-state index in [1.807, 2.05) is 0 Å². The molecule has 0 aromatic heterocycles. The maximum Gasteiger partial charge on any atom is 0.253 e. The molecule has 0 atom stereocenters. The summed E-state index contributed by atoms with van der Waals surface area (Å²) >= 11 is 5.94. The molecule has 0 bridgehead atoms. The number of likely N-dealkylation sites (N-methyl/N-ethyl adjacent to an activating group) is 1. The normalized spacial score (nSPS) is 16.0. The van der Waals surface area contributed by atoms with Gasteiger partial charge >= 0.3 is 0 Å². The van der Waals surface area contributed by atoms with E-state index in [0.29, 0.717) is 10.6 Å². The Balaban J connectivity index is 1.84. The van der Waals surface area contributed by atoms with Crippen molar-refractivity contribution in [3.8, 4) is 0 Å². The lowest BCUT2D eigenvalue weighted by Gasteiger charge is -2.30. The van der Waals surface area contributed by atoms with E-state index >= 15 is 0 Å². The first-order valence-electron chi connectivity index (χ1n) is 6.69. The van der Waals surface area contributed by atoms with Gasteiger partial charge in [0.1, 0.15) is 0 Å². The molecular formula is C14H19ClN3O2+. The molecule has 2 amide bonds. The molecule has 1 fully saturated rings. The van der Waals surface area contributed by atoms with Gasteiger partial charge in [-0.2, -0.15) is 0 Å². The monoisotopic (exact) mass is 296 g/mol. The molecule has 1 aromatic rings. The van der Waals surface area contributed by atoms with Gasteiger partial charge < -0.3 is 15.1 Å². The van der Waals surface area contributed by atoms with Gasteiger partial charge in [-0.3, -0.25) is 9.59 Å². The SMILES string of the molecule is C[NH+]1CCN(C(=O)CNC(=O)c2ccccc2Cl)CC1. The van der Waals surface area contributed by atoms with Crippen LogP contribution in [0.3, 0.4) is 0 Å². The Morgan fingerprint density at radius 3 is 2.60 bits per heavy atom. The number of carbonyl (C=O) groups excluding carboxylic acids is 2. The number of hydrogen-bond acceptors (Lipinski definition) is 2. The maximum atomic E-state index is 12.0. The molecule has 0 spiro atoms. The Labute approximate surface area is 123 Å². The number of rotatable bonds is 3. The van der Waals surface area contributed by atoms with Crippen molar-refractivity contribution in [1.82, 2.24) is 10.2 Å². The van der Waals surface area contributed by atoms with Crippen LogP contribution in [-0.2, 0) is 4.79 Å². The van der Waals surface area contributed by atoms with Crippen molar-refractivity contribution < 1.29 is 14.5 Å². The number of nitrogens with one attached hydrogen (secondary N) is 2. The van der Waals surface area contributed by atoms with E-state index in [1.165, 1.54) is 4.90 Å². The number of quaternary nitrogens is 1. The largest absolute Gasteiger partial charge is 0.343 e. The molecule has 1 heterocycles. The standard InChI is InChI=1S/C14H18ClN3O2/c1-17-6-8-18(9-7-17)13(19)10-16-14(20)11-4-2-3-5-12(11)15/h2-5H,6-10H2,1H3,(H,16,20)/p+1. The molecule has 20 heavy (non-hydrogen) atoms. The summed E-state index contributed by atoms with van der Waals surface area (Å²) in [6.45, 7) is 3.40. The van der Waals surface area contributed by atoms with Crippen LogP contribution in [0.15, 0.2) is 24.3 Å². The molecule has 2 rings (SSSR count). The highest BCUT2D eigenvalue weighted by Gasteiger charge is 2.21. The van der Waals surface area contributed by atoms with Crippen molar-refractivity contribution in [3.05, 3.63) is 34.9 Å². The Morgan fingerprint density at radius 1 is 1.30 bits per heavy atom. The second kappa shape index (κ2) is 6.72. The van der Waals surface area contributed by atoms with E-state index in [9.17, 15) is 9.59 Å². The number of carbonyl (C=O) groups is 2. The average molecular weight is 297 g/mol. The van der Waals surface area contributed by atoms with Crippen LogP contribution >= 0.6 is 11.6 Å². The molecule has 108 valence electrons. The van der Waals surface area contributed by atoms with E-state index < -0.39 is 0 Å². The predicted octanol–water partition coefficient (Wildman–Crippen LogP) is -0.573. The van der Waals surface area contributed by atoms with E-state index in [4.69, 9.17) is 11.6 Å². The van der Waals surface area contributed by atoms with Crippen molar-refractivity contribution in [3.63, 3.8) is 0 Å². The van der Waals surface area contributed by atoms with Gasteiger partial charge in [0.15, 0.2) is 0 Å². The minimum atomic E-state index is -0.316. The fraction of sp³-hybridized carbons (Fsp3) is 0.429. The highest BCUT2D eigenvalue weighted by Crippen LogP contribution is 2.14. The summed E-state index contributed by atoms with van der Waals surface area (Å²) in [6, 6.07) is 6.80. The number of piperazine rings is 1. The smallest absolute Gasteiger partial charge is 0.253 e. The Hall–Kier alpha value is -1.59. The summed E-state index contributed by atoms with van der Waals surface area (Å²) in [5.41, 5.74) is 0.393. The zero-order valence-electron chi connectivity index (χ0n) is 11.5. The molecule has 1 aliphatic heterocycles. The Kier molecular flexibility index (Phi) is 4.98. The summed E-state index contributed by atoms with van der Waals surface area (Å²) in [7, 11) is 2.11. The highest BCUT2D eigenvalue weighted by molar-refractivity contribution is 6.33. The lowest BCUT2D eigenvalue weighted by molar-refractivity contribution is -0.883. The number of hydrogen-bond donors (Lipinski definition) is 2. The molecule has 1 aromatic carbocycles. The maximum absolute atomic E-state index is 12.0. The summed E-state index contributed by atoms with van der Waals surface area (Å²) < 4.78 is 0. The summed E-state index contributed by atoms with van der Waals surface area (Å²) in [4.78, 5) is 27.1. The predicted molar refractivity (Wildman–Crippen MR) is 77.0 cm³/mol. The van der Waals surface area contributed by atoms with E-state index in [1.54, 1.807) is 29.2 Å². The van der Waals surface area contributed by atoms with Crippen LogP contribution in [0.1, 0.15) is 10.4 Å². The second-order valence-corrected chi connectivity index (χ2v) is 5.41. The summed E-state index contributed by atoms with van der Waals surface area (Å²) in [5, 5.41) is 3.02. The van der Waals surface area contributed by atoms with Crippen molar-refractivity contribution >= 4 is 23.4 Å². The van der Waals surface area contributed by atoms with Crippen molar-refractivity contribution in [2.75, 3.05) is 39.8 Å². The van der Waals surface area contributed by atoms with Crippen molar-refractivity contribution in [2.24, 2.45) is 0 Å². The molecule has 0 radical (unpaired) electrons. The highest BCUT2D eigenvalue weighted by atomic mass is 35.5. The molecule has 2 N–H and O–H groups in total. The first-order chi connectivity index (χ1) is 9.58. The van der Waals surface area contributed by atoms with Gasteiger partial charge in [0.05, 0.1) is 50.4 Å². The van der Waals surface area contributed by atoms with Gasteiger partial charge in [-0.05, 0) is 12.1 Å². The first-order valence-corrected chi connectivity index (χ1v) is 7.07. The van der Waals surface area contributed by atoms with Crippen LogP contribution < -0.4 is 10.2 Å². The lowest BCUT2D eigenvalue weighted by atomic mass is 10.2. The number of amides is 2. The van der Waals surface area contributed by atoms with Crippen LogP contribution in [0, 0.1) is 0 Å². The van der Waals surface area contributed by atoms with Gasteiger partial charge in [-0.25, -0.2) is 0 Å². The third-order valence-electron chi connectivity index (χ3n) is 3.49. The number of halogens is 1. The van der Waals surface area contributed by atoms with Crippen LogP contribution in [0.5, 0.6) is 0 Å². The Bertz CT molecular complexity index is 499. The molecule has 5 nitrogen and oxygen atoms in total. The Morgan fingerprint density at radius 2 is 1.95 bits per heavy atom. The summed E-state index contributed by atoms with van der Waals surface area (Å²) in [6.07, 6.45) is 0. The topological polar surface area (TPSA) is 53.9 Å². The molecule has 1 saturated heterocycles. The van der Waals surface area contributed by atoms with Gasteiger partial charge in [-0.15, -0.1) is 0 Å². The first kappa shape index (κ1) is 14.8. The van der Waals surface area contributed by atoms with Gasteiger partial charge in [0, 0.05) is 0 Å². The molecule has 0 saturated carbocycles. The molecule has 6 heteroatoms. The van der Waals surface area contributed by atoms with Crippen LogP contribution in [-0.4, -0.2) is 56.5 Å². The van der Waals surface area contributed by atoms with Crippen molar-refractivity contribution in [2.45, 2.75) is 0 Å². The fourth-order valence-corrected chi connectivity index (χ4v) is 2.37. The molecule has 1 aliphatic rings.